The fraction of sp³-hybridized carbons (Fsp3) is 0.611. The third kappa shape index (κ3) is 4.63. The summed E-state index contributed by atoms with van der Waals surface area (Å²) in [7, 11) is -3.58. The van der Waals surface area contributed by atoms with E-state index in [1.165, 1.54) is 4.90 Å². The maximum Gasteiger partial charge on any atom is 0.411 e. The first-order valence-corrected chi connectivity index (χ1v) is 10.3. The molecule has 0 aromatic heterocycles. The average Bonchev–Trinajstić information content (AvgIpc) is 2.52. The van der Waals surface area contributed by atoms with Crippen LogP contribution in [0.25, 0.3) is 0 Å². The molecule has 1 aromatic carbocycles. The Labute approximate surface area is 150 Å². The van der Waals surface area contributed by atoms with Crippen LogP contribution in [-0.2, 0) is 24.8 Å². The monoisotopic (exact) mass is 369 g/mol. The molecular weight excluding hydrogens is 341 g/mol. The lowest BCUT2D eigenvalue weighted by atomic mass is 10.00. The van der Waals surface area contributed by atoms with Gasteiger partial charge in [0.05, 0.1) is 13.2 Å². The summed E-state index contributed by atoms with van der Waals surface area (Å²) in [4.78, 5) is 14.2. The van der Waals surface area contributed by atoms with Crippen molar-refractivity contribution < 1.29 is 23.1 Å². The van der Waals surface area contributed by atoms with Gasteiger partial charge < -0.3 is 13.8 Å². The van der Waals surface area contributed by atoms with Crippen LogP contribution >= 0.6 is 7.60 Å². The number of benzene rings is 1. The molecule has 1 aliphatic rings. The zero-order valence-electron chi connectivity index (χ0n) is 15.7. The summed E-state index contributed by atoms with van der Waals surface area (Å²) in [6, 6.07) is 7.66. The van der Waals surface area contributed by atoms with Gasteiger partial charge in [0.2, 0.25) is 0 Å². The number of fused-ring (bicyclic) bond motifs is 1. The van der Waals surface area contributed by atoms with Crippen LogP contribution in [0.5, 0.6) is 0 Å². The SMILES string of the molecule is CCOP(=O)(OCC)C1c2ccccc2CCN1C(=O)OC(C)(C)C. The summed E-state index contributed by atoms with van der Waals surface area (Å²) >= 11 is 0. The quantitative estimate of drug-likeness (QED) is 0.701. The lowest BCUT2D eigenvalue weighted by molar-refractivity contribution is 0.0174. The first kappa shape index (κ1) is 20.0. The second kappa shape index (κ2) is 7.90. The van der Waals surface area contributed by atoms with Crippen molar-refractivity contribution in [2.75, 3.05) is 19.8 Å². The molecule has 1 aliphatic heterocycles. The van der Waals surface area contributed by atoms with Gasteiger partial charge in [0.15, 0.2) is 5.78 Å². The fourth-order valence-electron chi connectivity index (χ4n) is 2.94. The first-order valence-electron chi connectivity index (χ1n) is 8.68. The van der Waals surface area contributed by atoms with Crippen molar-refractivity contribution in [1.82, 2.24) is 4.90 Å². The lowest BCUT2D eigenvalue weighted by Gasteiger charge is -2.40. The van der Waals surface area contributed by atoms with E-state index < -0.39 is 25.1 Å². The van der Waals surface area contributed by atoms with Crippen LogP contribution in [-0.4, -0.2) is 36.4 Å². The summed E-state index contributed by atoms with van der Waals surface area (Å²) in [5.74, 6) is -0.799. The van der Waals surface area contributed by atoms with E-state index in [1.807, 2.05) is 45.0 Å². The van der Waals surface area contributed by atoms with Crippen LogP contribution in [0.4, 0.5) is 4.79 Å². The number of rotatable bonds is 5. The number of hydrogen-bond donors (Lipinski definition) is 0. The zero-order chi connectivity index (χ0) is 18.7. The third-order valence-electron chi connectivity index (χ3n) is 3.80. The van der Waals surface area contributed by atoms with E-state index in [2.05, 4.69) is 0 Å². The summed E-state index contributed by atoms with van der Waals surface area (Å²) < 4.78 is 30.2. The van der Waals surface area contributed by atoms with Gasteiger partial charge in [-0.05, 0) is 52.2 Å². The molecule has 1 atom stereocenters. The smallest absolute Gasteiger partial charge is 0.411 e. The topological polar surface area (TPSA) is 65.1 Å². The normalized spacial score (nSPS) is 18.0. The molecule has 7 heteroatoms. The van der Waals surface area contributed by atoms with E-state index in [0.717, 1.165) is 11.1 Å². The predicted octanol–water partition coefficient (Wildman–Crippen LogP) is 4.74. The van der Waals surface area contributed by atoms with E-state index >= 15 is 0 Å². The second-order valence-corrected chi connectivity index (χ2v) is 8.96. The molecule has 25 heavy (non-hydrogen) atoms. The summed E-state index contributed by atoms with van der Waals surface area (Å²) in [6.07, 6.45) is 0.163. The number of hydrogen-bond acceptors (Lipinski definition) is 5. The van der Waals surface area contributed by atoms with Gasteiger partial charge in [-0.1, -0.05) is 24.3 Å². The fourth-order valence-corrected chi connectivity index (χ4v) is 5.16. The van der Waals surface area contributed by atoms with Gasteiger partial charge in [0, 0.05) is 6.54 Å². The van der Waals surface area contributed by atoms with Gasteiger partial charge in [-0.3, -0.25) is 9.46 Å². The van der Waals surface area contributed by atoms with Crippen molar-refractivity contribution in [3.05, 3.63) is 35.4 Å². The van der Waals surface area contributed by atoms with Crippen LogP contribution in [0.1, 0.15) is 51.5 Å². The van der Waals surface area contributed by atoms with E-state index in [0.29, 0.717) is 13.0 Å². The number of carbonyl (C=O) groups is 1. The Morgan fingerprint density at radius 3 is 2.36 bits per heavy atom. The van der Waals surface area contributed by atoms with Crippen LogP contribution in [0.3, 0.4) is 0 Å². The van der Waals surface area contributed by atoms with Crippen molar-refractivity contribution in [2.24, 2.45) is 0 Å². The van der Waals surface area contributed by atoms with Gasteiger partial charge in [-0.2, -0.15) is 0 Å². The summed E-state index contributed by atoms with van der Waals surface area (Å²) in [6.45, 7) is 9.82. The molecule has 1 amide bonds. The molecule has 1 unspecified atom stereocenters. The number of nitrogens with zero attached hydrogens (tertiary/aromatic N) is 1. The Kier molecular flexibility index (Phi) is 6.30. The van der Waals surface area contributed by atoms with Crippen molar-refractivity contribution >= 4 is 13.7 Å². The van der Waals surface area contributed by atoms with Crippen LogP contribution in [0.2, 0.25) is 0 Å². The minimum absolute atomic E-state index is 0.234. The second-order valence-electron chi connectivity index (χ2n) is 6.87. The molecule has 0 radical (unpaired) electrons. The Hall–Kier alpha value is -1.36. The molecule has 0 bridgehead atoms. The van der Waals surface area contributed by atoms with Gasteiger partial charge in [-0.15, -0.1) is 0 Å². The Bertz CT molecular complexity index is 645. The van der Waals surface area contributed by atoms with E-state index in [4.69, 9.17) is 13.8 Å². The van der Waals surface area contributed by atoms with Crippen molar-refractivity contribution in [3.63, 3.8) is 0 Å². The molecule has 0 aliphatic carbocycles. The predicted molar refractivity (Wildman–Crippen MR) is 96.7 cm³/mol. The molecule has 1 heterocycles. The molecule has 2 rings (SSSR count). The molecule has 0 fully saturated rings. The van der Waals surface area contributed by atoms with Crippen molar-refractivity contribution in [3.8, 4) is 0 Å². The first-order chi connectivity index (χ1) is 11.7. The maximum absolute atomic E-state index is 13.5. The standard InChI is InChI=1S/C18H28NO5P/c1-6-22-25(21,23-7-2)16-15-11-9-8-10-14(15)12-13-19(16)17(20)24-18(3,4)5/h8-11,16H,6-7,12-13H2,1-5H3. The minimum atomic E-state index is -3.58. The highest BCUT2D eigenvalue weighted by atomic mass is 31.2. The van der Waals surface area contributed by atoms with Crippen LogP contribution in [0.15, 0.2) is 24.3 Å². The van der Waals surface area contributed by atoms with E-state index in [-0.39, 0.29) is 13.2 Å². The molecule has 140 valence electrons. The molecule has 0 N–H and O–H groups in total. The molecule has 0 spiro atoms. The van der Waals surface area contributed by atoms with Gasteiger partial charge in [0.1, 0.15) is 5.60 Å². The number of carbonyl (C=O) groups excluding carboxylic acids is 1. The average molecular weight is 369 g/mol. The van der Waals surface area contributed by atoms with Crippen LogP contribution < -0.4 is 0 Å². The van der Waals surface area contributed by atoms with Crippen LogP contribution in [0, 0.1) is 0 Å². The van der Waals surface area contributed by atoms with Crippen molar-refractivity contribution in [2.45, 2.75) is 52.4 Å². The molecule has 6 nitrogen and oxygen atoms in total. The molecule has 0 saturated carbocycles. The highest BCUT2D eigenvalue weighted by Gasteiger charge is 2.47. The summed E-state index contributed by atoms with van der Waals surface area (Å²) in [5, 5.41) is 0. The minimum Gasteiger partial charge on any atom is -0.444 e. The Balaban J connectivity index is 2.49. The molecule has 1 aromatic rings. The largest absolute Gasteiger partial charge is 0.444 e. The lowest BCUT2D eigenvalue weighted by Crippen LogP contribution is -2.43. The zero-order valence-corrected chi connectivity index (χ0v) is 16.5. The number of amides is 1. The Morgan fingerprint density at radius 2 is 1.80 bits per heavy atom. The summed E-state index contributed by atoms with van der Waals surface area (Å²) in [5.41, 5.74) is 1.21. The van der Waals surface area contributed by atoms with Gasteiger partial charge in [-0.25, -0.2) is 4.79 Å². The van der Waals surface area contributed by atoms with Crippen molar-refractivity contribution in [1.29, 1.82) is 0 Å². The Morgan fingerprint density at radius 1 is 1.20 bits per heavy atom. The highest BCUT2D eigenvalue weighted by molar-refractivity contribution is 7.54. The molecular formula is C18H28NO5P. The van der Waals surface area contributed by atoms with E-state index in [1.54, 1.807) is 13.8 Å². The van der Waals surface area contributed by atoms with E-state index in [9.17, 15) is 9.36 Å². The highest BCUT2D eigenvalue weighted by Crippen LogP contribution is 2.63. The number of ether oxygens (including phenoxy) is 1. The van der Waals surface area contributed by atoms with Gasteiger partial charge >= 0.3 is 13.7 Å². The third-order valence-corrected chi connectivity index (χ3v) is 6.19. The van der Waals surface area contributed by atoms with Gasteiger partial charge in [0.25, 0.3) is 0 Å². The molecule has 0 saturated heterocycles. The maximum atomic E-state index is 13.5.